The molecule has 4 rings (SSSR count). The molecule has 0 aliphatic carbocycles. The molecule has 0 bridgehead atoms. The van der Waals surface area contributed by atoms with Crippen LogP contribution in [0, 0.1) is 0 Å². The Labute approximate surface area is 185 Å². The topological polar surface area (TPSA) is 126 Å². The lowest BCUT2D eigenvalue weighted by atomic mass is 9.98. The Bertz CT molecular complexity index is 909. The van der Waals surface area contributed by atoms with Crippen molar-refractivity contribution >= 4 is 16.9 Å². The highest BCUT2D eigenvalue weighted by atomic mass is 32.2. The Hall–Kier alpha value is -2.18. The van der Waals surface area contributed by atoms with Crippen molar-refractivity contribution in [1.29, 1.82) is 0 Å². The number of ether oxygens (including phenoxy) is 2. The Morgan fingerprint density at radius 1 is 1.26 bits per heavy atom. The van der Waals surface area contributed by atoms with Crippen molar-refractivity contribution in [3.63, 3.8) is 0 Å². The Morgan fingerprint density at radius 3 is 2.90 bits per heavy atom. The van der Waals surface area contributed by atoms with E-state index in [9.17, 15) is 10.2 Å². The summed E-state index contributed by atoms with van der Waals surface area (Å²) in [5.41, 5.74) is 1.39. The second-order valence-electron chi connectivity index (χ2n) is 7.46. The Morgan fingerprint density at radius 2 is 2.10 bits per heavy atom. The molecule has 1 saturated heterocycles. The SMILES string of the molecule is CCNC1=N[C@@H]2[C@@H](O)[C@H](O)[C@@H](Cn3cc(COc4ccccc4CNC)nn3)O[C@@H]2S1. The lowest BCUT2D eigenvalue weighted by Crippen LogP contribution is -2.55. The third kappa shape index (κ3) is 5.01. The van der Waals surface area contributed by atoms with Gasteiger partial charge in [-0.3, -0.25) is 4.99 Å². The molecule has 0 amide bonds. The highest BCUT2D eigenvalue weighted by molar-refractivity contribution is 8.14. The first-order chi connectivity index (χ1) is 15.1. The van der Waals surface area contributed by atoms with Crippen LogP contribution < -0.4 is 15.4 Å². The number of aromatic nitrogens is 3. The quantitative estimate of drug-likeness (QED) is 0.445. The summed E-state index contributed by atoms with van der Waals surface area (Å²) in [5, 5.41) is 36.3. The largest absolute Gasteiger partial charge is 0.487 e. The normalized spacial score (nSPS) is 27.6. The van der Waals surface area contributed by atoms with Crippen LogP contribution in [0.15, 0.2) is 35.5 Å². The number of aliphatic hydroxyl groups is 2. The summed E-state index contributed by atoms with van der Waals surface area (Å²) in [7, 11) is 1.89. The van der Waals surface area contributed by atoms with Gasteiger partial charge in [-0.05, 0) is 20.0 Å². The zero-order valence-electron chi connectivity index (χ0n) is 17.5. The van der Waals surface area contributed by atoms with Crippen molar-refractivity contribution in [2.24, 2.45) is 4.99 Å². The molecule has 4 N–H and O–H groups in total. The van der Waals surface area contributed by atoms with E-state index in [-0.39, 0.29) is 18.6 Å². The minimum Gasteiger partial charge on any atom is -0.487 e. The van der Waals surface area contributed by atoms with Gasteiger partial charge in [0.25, 0.3) is 0 Å². The van der Waals surface area contributed by atoms with Gasteiger partial charge < -0.3 is 30.3 Å². The zero-order chi connectivity index (χ0) is 21.8. The third-order valence-electron chi connectivity index (χ3n) is 5.16. The highest BCUT2D eigenvalue weighted by Gasteiger charge is 2.48. The lowest BCUT2D eigenvalue weighted by molar-refractivity contribution is -0.157. The fourth-order valence-electron chi connectivity index (χ4n) is 3.63. The molecular formula is C20H28N6O4S. The molecule has 168 valence electrons. The van der Waals surface area contributed by atoms with E-state index in [1.54, 1.807) is 10.9 Å². The van der Waals surface area contributed by atoms with E-state index in [4.69, 9.17) is 9.47 Å². The smallest absolute Gasteiger partial charge is 0.159 e. The van der Waals surface area contributed by atoms with Gasteiger partial charge in [0.2, 0.25) is 0 Å². The first-order valence-electron chi connectivity index (χ1n) is 10.3. The zero-order valence-corrected chi connectivity index (χ0v) is 18.3. The van der Waals surface area contributed by atoms with Crippen LogP contribution in [0.4, 0.5) is 0 Å². The summed E-state index contributed by atoms with van der Waals surface area (Å²) in [6.45, 7) is 3.96. The Kier molecular flexibility index (Phi) is 7.08. The van der Waals surface area contributed by atoms with Gasteiger partial charge in [0.15, 0.2) is 5.17 Å². The maximum absolute atomic E-state index is 10.5. The molecule has 1 fully saturated rings. The minimum atomic E-state index is -1.07. The molecule has 11 heteroatoms. The average molecular weight is 449 g/mol. The van der Waals surface area contributed by atoms with Crippen molar-refractivity contribution in [1.82, 2.24) is 25.6 Å². The number of aliphatic hydroxyl groups excluding tert-OH is 2. The number of benzene rings is 1. The summed E-state index contributed by atoms with van der Waals surface area (Å²) >= 11 is 1.43. The van der Waals surface area contributed by atoms with Gasteiger partial charge in [-0.2, -0.15) is 0 Å². The summed E-state index contributed by atoms with van der Waals surface area (Å²) in [6.07, 6.45) is -0.921. The molecule has 1 aromatic carbocycles. The maximum atomic E-state index is 10.5. The van der Waals surface area contributed by atoms with Crippen molar-refractivity contribution in [2.75, 3.05) is 13.6 Å². The number of fused-ring (bicyclic) bond motifs is 1. The molecule has 2 aromatic rings. The fourth-order valence-corrected chi connectivity index (χ4v) is 4.82. The number of amidine groups is 1. The van der Waals surface area contributed by atoms with Crippen LogP contribution in [0.25, 0.3) is 0 Å². The van der Waals surface area contributed by atoms with Gasteiger partial charge in [0.05, 0.1) is 12.7 Å². The van der Waals surface area contributed by atoms with E-state index in [2.05, 4.69) is 25.9 Å². The van der Waals surface area contributed by atoms with Crippen LogP contribution >= 0.6 is 11.8 Å². The summed E-state index contributed by atoms with van der Waals surface area (Å²) in [4.78, 5) is 4.43. The standard InChI is InChI=1S/C20H28N6O4S/c1-3-22-20-23-16-18(28)17(27)15(30-19(16)31-20)10-26-9-13(24-25-26)11-29-14-7-5-4-6-12(14)8-21-2/h4-7,9,15-19,21,27-28H,3,8,10-11H2,1-2H3,(H,22,23)/t15-,16-,17-,18-,19-/m1/s1. The van der Waals surface area contributed by atoms with E-state index in [0.717, 1.165) is 23.0 Å². The summed E-state index contributed by atoms with van der Waals surface area (Å²) < 4.78 is 13.5. The van der Waals surface area contributed by atoms with E-state index in [1.165, 1.54) is 11.8 Å². The lowest BCUT2D eigenvalue weighted by Gasteiger charge is -2.38. The number of hydrogen-bond donors (Lipinski definition) is 4. The first-order valence-corrected chi connectivity index (χ1v) is 11.2. The van der Waals surface area contributed by atoms with E-state index in [0.29, 0.717) is 12.2 Å². The molecule has 5 atom stereocenters. The van der Waals surface area contributed by atoms with Crippen LogP contribution in [0.3, 0.4) is 0 Å². The first kappa shape index (κ1) is 22.0. The second kappa shape index (κ2) is 9.96. The minimum absolute atomic E-state index is 0.266. The number of para-hydroxylation sites is 1. The van der Waals surface area contributed by atoms with Crippen LogP contribution in [0.2, 0.25) is 0 Å². The summed E-state index contributed by atoms with van der Waals surface area (Å²) in [6, 6.07) is 7.35. The number of rotatable bonds is 8. The van der Waals surface area contributed by atoms with Gasteiger partial charge in [0, 0.05) is 18.7 Å². The highest BCUT2D eigenvalue weighted by Crippen LogP contribution is 2.36. The summed E-state index contributed by atoms with van der Waals surface area (Å²) in [5.74, 6) is 0.793. The van der Waals surface area contributed by atoms with Gasteiger partial charge in [0.1, 0.15) is 47.8 Å². The molecule has 3 heterocycles. The number of thioether (sulfide) groups is 1. The molecule has 0 unspecified atom stereocenters. The molecule has 0 spiro atoms. The number of nitrogens with one attached hydrogen (secondary N) is 2. The molecule has 2 aliphatic heterocycles. The van der Waals surface area contributed by atoms with Gasteiger partial charge in [-0.1, -0.05) is 35.2 Å². The predicted octanol–water partition coefficient (Wildman–Crippen LogP) is 0.104. The van der Waals surface area contributed by atoms with Crippen molar-refractivity contribution < 1.29 is 19.7 Å². The molecule has 0 radical (unpaired) electrons. The fraction of sp³-hybridized carbons (Fsp3) is 0.550. The monoisotopic (exact) mass is 448 g/mol. The van der Waals surface area contributed by atoms with E-state index < -0.39 is 24.4 Å². The average Bonchev–Trinajstić information content (AvgIpc) is 3.38. The van der Waals surface area contributed by atoms with E-state index in [1.807, 2.05) is 38.2 Å². The third-order valence-corrected chi connectivity index (χ3v) is 6.25. The molecule has 31 heavy (non-hydrogen) atoms. The van der Waals surface area contributed by atoms with Crippen LogP contribution in [0.5, 0.6) is 5.75 Å². The van der Waals surface area contributed by atoms with Crippen molar-refractivity contribution in [2.45, 2.75) is 56.4 Å². The van der Waals surface area contributed by atoms with Crippen LogP contribution in [-0.2, 0) is 24.4 Å². The van der Waals surface area contributed by atoms with Gasteiger partial charge >= 0.3 is 0 Å². The number of nitrogens with zero attached hydrogens (tertiary/aromatic N) is 4. The van der Waals surface area contributed by atoms with Crippen LogP contribution in [-0.4, -0.2) is 73.8 Å². The second-order valence-corrected chi connectivity index (χ2v) is 8.54. The number of aliphatic imine (C=N–C) groups is 1. The molecule has 2 aliphatic rings. The Balaban J connectivity index is 1.35. The molecular weight excluding hydrogens is 420 g/mol. The molecule has 1 aromatic heterocycles. The molecule has 0 saturated carbocycles. The van der Waals surface area contributed by atoms with Crippen molar-refractivity contribution in [3.8, 4) is 5.75 Å². The van der Waals surface area contributed by atoms with Gasteiger partial charge in [-0.25, -0.2) is 4.68 Å². The van der Waals surface area contributed by atoms with Crippen LogP contribution in [0.1, 0.15) is 18.2 Å². The number of hydrogen-bond acceptors (Lipinski definition) is 10. The van der Waals surface area contributed by atoms with E-state index >= 15 is 0 Å². The van der Waals surface area contributed by atoms with Crippen molar-refractivity contribution in [3.05, 3.63) is 41.7 Å². The molecule has 10 nitrogen and oxygen atoms in total. The maximum Gasteiger partial charge on any atom is 0.159 e. The van der Waals surface area contributed by atoms with Gasteiger partial charge in [-0.15, -0.1) is 5.10 Å². The predicted molar refractivity (Wildman–Crippen MR) is 117 cm³/mol.